The number of benzene rings is 1. The van der Waals surface area contributed by atoms with Crippen molar-refractivity contribution < 1.29 is 13.2 Å². The summed E-state index contributed by atoms with van der Waals surface area (Å²) in [4.78, 5) is 0. The highest BCUT2D eigenvalue weighted by Gasteiger charge is 2.22. The number of nitrogens with one attached hydrogen (secondary N) is 1. The van der Waals surface area contributed by atoms with E-state index in [1.807, 2.05) is 6.92 Å². The van der Waals surface area contributed by atoms with Crippen LogP contribution in [0.1, 0.15) is 36.1 Å². The summed E-state index contributed by atoms with van der Waals surface area (Å²) in [7, 11) is 0. The van der Waals surface area contributed by atoms with Gasteiger partial charge >= 0.3 is 0 Å². The molecule has 2 aromatic rings. The number of aryl methyl sites for hydroxylation is 1. The summed E-state index contributed by atoms with van der Waals surface area (Å²) in [5, 5.41) is 3.22. The minimum absolute atomic E-state index is 0.281. The molecule has 0 aliphatic carbocycles. The quantitative estimate of drug-likeness (QED) is 0.849. The van der Waals surface area contributed by atoms with E-state index in [1.54, 1.807) is 13.0 Å². The molecule has 1 aromatic carbocycles. The van der Waals surface area contributed by atoms with E-state index in [2.05, 4.69) is 21.2 Å². The first-order valence-corrected chi connectivity index (χ1v) is 7.25. The Morgan fingerprint density at radius 3 is 2.60 bits per heavy atom. The molecule has 2 rings (SSSR count). The van der Waals surface area contributed by atoms with E-state index in [-0.39, 0.29) is 5.56 Å². The molecule has 5 heteroatoms. The van der Waals surface area contributed by atoms with Crippen LogP contribution in [0.2, 0.25) is 0 Å². The monoisotopic (exact) mass is 343 g/mol. The fourth-order valence-electron chi connectivity index (χ4n) is 2.07. The summed E-state index contributed by atoms with van der Waals surface area (Å²) in [5.74, 6) is -0.838. The third-order valence-electron chi connectivity index (χ3n) is 3.14. The van der Waals surface area contributed by atoms with Crippen molar-refractivity contribution in [1.29, 1.82) is 0 Å². The fourth-order valence-corrected chi connectivity index (χ4v) is 2.54. The average molecular weight is 344 g/mol. The van der Waals surface area contributed by atoms with Crippen molar-refractivity contribution in [3.05, 3.63) is 57.5 Å². The Morgan fingerprint density at radius 2 is 2.00 bits per heavy atom. The number of halogens is 3. The third-order valence-corrected chi connectivity index (χ3v) is 3.79. The number of hydrogen-bond donors (Lipinski definition) is 1. The molecular formula is C15H16BrF2NO. The van der Waals surface area contributed by atoms with Crippen molar-refractivity contribution >= 4 is 15.9 Å². The van der Waals surface area contributed by atoms with Crippen LogP contribution in [-0.4, -0.2) is 6.54 Å². The van der Waals surface area contributed by atoms with Crippen molar-refractivity contribution in [3.8, 4) is 0 Å². The Balaban J connectivity index is 2.46. The highest BCUT2D eigenvalue weighted by atomic mass is 79.9. The Hall–Kier alpha value is -1.20. The standard InChI is InChI=1S/C15H16BrF2NO/c1-3-5-19-14(10-4-6-20-15(10)16)11-8-12(17)9(2)7-13(11)18/h4,6-8,14,19H,3,5H2,1-2H3. The maximum Gasteiger partial charge on any atom is 0.174 e. The molecule has 0 radical (unpaired) electrons. The van der Waals surface area contributed by atoms with Gasteiger partial charge in [-0.1, -0.05) is 6.92 Å². The Morgan fingerprint density at radius 1 is 1.25 bits per heavy atom. The first kappa shape index (κ1) is 15.2. The van der Waals surface area contributed by atoms with Gasteiger partial charge in [0.25, 0.3) is 0 Å². The van der Waals surface area contributed by atoms with Gasteiger partial charge in [0.2, 0.25) is 0 Å². The summed E-state index contributed by atoms with van der Waals surface area (Å²) < 4.78 is 33.7. The average Bonchev–Trinajstić information content (AvgIpc) is 2.82. The van der Waals surface area contributed by atoms with E-state index in [1.165, 1.54) is 18.4 Å². The molecule has 1 N–H and O–H groups in total. The minimum Gasteiger partial charge on any atom is -0.457 e. The van der Waals surface area contributed by atoms with Gasteiger partial charge in [-0.3, -0.25) is 0 Å². The summed E-state index contributed by atoms with van der Waals surface area (Å²) in [6.45, 7) is 4.25. The van der Waals surface area contributed by atoms with Crippen LogP contribution in [0.25, 0.3) is 0 Å². The van der Waals surface area contributed by atoms with Gasteiger partial charge in [-0.25, -0.2) is 8.78 Å². The molecule has 0 amide bonds. The molecule has 0 saturated carbocycles. The van der Waals surface area contributed by atoms with Gasteiger partial charge in [0.15, 0.2) is 4.67 Å². The summed E-state index contributed by atoms with van der Waals surface area (Å²) in [6, 6.07) is 3.77. The maximum atomic E-state index is 14.2. The number of rotatable bonds is 5. The van der Waals surface area contributed by atoms with Crippen LogP contribution >= 0.6 is 15.9 Å². The van der Waals surface area contributed by atoms with Crippen LogP contribution in [0.3, 0.4) is 0 Å². The SMILES string of the molecule is CCCNC(c1cc(F)c(C)cc1F)c1ccoc1Br. The van der Waals surface area contributed by atoms with Gasteiger partial charge in [-0.15, -0.1) is 0 Å². The molecule has 0 fully saturated rings. The van der Waals surface area contributed by atoms with Crippen molar-refractivity contribution in [1.82, 2.24) is 5.32 Å². The molecule has 0 aliphatic heterocycles. The van der Waals surface area contributed by atoms with Crippen LogP contribution in [0.5, 0.6) is 0 Å². The molecule has 1 aromatic heterocycles. The van der Waals surface area contributed by atoms with E-state index in [9.17, 15) is 8.78 Å². The predicted octanol–water partition coefficient (Wildman–Crippen LogP) is 4.72. The van der Waals surface area contributed by atoms with Gasteiger partial charge in [0.1, 0.15) is 11.6 Å². The topological polar surface area (TPSA) is 25.2 Å². The maximum absolute atomic E-state index is 14.2. The molecule has 0 saturated heterocycles. The highest BCUT2D eigenvalue weighted by Crippen LogP contribution is 2.32. The van der Waals surface area contributed by atoms with Gasteiger partial charge in [-0.05, 0) is 59.6 Å². The third kappa shape index (κ3) is 3.10. The molecule has 0 aliphatic rings. The van der Waals surface area contributed by atoms with Crippen molar-refractivity contribution in [3.63, 3.8) is 0 Å². The van der Waals surface area contributed by atoms with Gasteiger partial charge < -0.3 is 9.73 Å². The molecule has 20 heavy (non-hydrogen) atoms. The fraction of sp³-hybridized carbons (Fsp3) is 0.333. The summed E-state index contributed by atoms with van der Waals surface area (Å²) in [6.07, 6.45) is 2.41. The van der Waals surface area contributed by atoms with Crippen LogP contribution < -0.4 is 5.32 Å². The second-order valence-electron chi connectivity index (χ2n) is 4.66. The lowest BCUT2D eigenvalue weighted by Crippen LogP contribution is -2.24. The van der Waals surface area contributed by atoms with Crippen molar-refractivity contribution in [2.45, 2.75) is 26.3 Å². The number of hydrogen-bond acceptors (Lipinski definition) is 2. The van der Waals surface area contributed by atoms with Crippen LogP contribution in [0.4, 0.5) is 8.78 Å². The van der Waals surface area contributed by atoms with E-state index < -0.39 is 17.7 Å². The Labute approximate surface area is 125 Å². The lowest BCUT2D eigenvalue weighted by molar-refractivity contribution is 0.508. The second-order valence-corrected chi connectivity index (χ2v) is 5.38. The summed E-state index contributed by atoms with van der Waals surface area (Å²) >= 11 is 3.29. The van der Waals surface area contributed by atoms with E-state index >= 15 is 0 Å². The van der Waals surface area contributed by atoms with Crippen LogP contribution in [0, 0.1) is 18.6 Å². The molecule has 1 unspecified atom stereocenters. The predicted molar refractivity (Wildman–Crippen MR) is 77.6 cm³/mol. The van der Waals surface area contributed by atoms with Gasteiger partial charge in [0.05, 0.1) is 12.3 Å². The largest absolute Gasteiger partial charge is 0.457 e. The molecule has 108 valence electrons. The zero-order chi connectivity index (χ0) is 14.7. The molecule has 0 spiro atoms. The minimum atomic E-state index is -0.446. The van der Waals surface area contributed by atoms with Crippen molar-refractivity contribution in [2.75, 3.05) is 6.54 Å². The van der Waals surface area contributed by atoms with Gasteiger partial charge in [-0.2, -0.15) is 0 Å². The highest BCUT2D eigenvalue weighted by molar-refractivity contribution is 9.10. The Kier molecular flexibility index (Phi) is 4.94. The van der Waals surface area contributed by atoms with E-state index in [0.717, 1.165) is 12.0 Å². The zero-order valence-electron chi connectivity index (χ0n) is 11.3. The summed E-state index contributed by atoms with van der Waals surface area (Å²) in [5.41, 5.74) is 1.33. The second kappa shape index (κ2) is 6.50. The van der Waals surface area contributed by atoms with Crippen molar-refractivity contribution in [2.24, 2.45) is 0 Å². The molecule has 0 bridgehead atoms. The zero-order valence-corrected chi connectivity index (χ0v) is 12.9. The van der Waals surface area contributed by atoms with Gasteiger partial charge in [0, 0.05) is 11.1 Å². The lowest BCUT2D eigenvalue weighted by atomic mass is 9.99. The smallest absolute Gasteiger partial charge is 0.174 e. The normalized spacial score (nSPS) is 12.7. The van der Waals surface area contributed by atoms with Crippen LogP contribution in [0.15, 0.2) is 33.5 Å². The molecule has 1 heterocycles. The Bertz CT molecular complexity index is 598. The lowest BCUT2D eigenvalue weighted by Gasteiger charge is -2.19. The first-order valence-electron chi connectivity index (χ1n) is 6.46. The van der Waals surface area contributed by atoms with Crippen LogP contribution in [-0.2, 0) is 0 Å². The van der Waals surface area contributed by atoms with E-state index in [0.29, 0.717) is 16.8 Å². The van der Waals surface area contributed by atoms with E-state index in [4.69, 9.17) is 4.42 Å². The number of furan rings is 1. The molecular weight excluding hydrogens is 328 g/mol. The molecule has 1 atom stereocenters. The molecule has 2 nitrogen and oxygen atoms in total. The first-order chi connectivity index (χ1) is 9.54.